The minimum atomic E-state index is -0.0277. The molecule has 0 bridgehead atoms. The molecule has 1 aromatic heterocycles. The van der Waals surface area contributed by atoms with Gasteiger partial charge in [0.2, 0.25) is 0 Å². The number of piperidine rings is 1. The predicted octanol–water partition coefficient (Wildman–Crippen LogP) is 1.80. The Morgan fingerprint density at radius 2 is 2.17 bits per heavy atom. The van der Waals surface area contributed by atoms with E-state index in [1.165, 1.54) is 12.8 Å². The van der Waals surface area contributed by atoms with Gasteiger partial charge in [0.05, 0.1) is 0 Å². The first-order valence-electron chi connectivity index (χ1n) is 9.17. The lowest BCUT2D eigenvalue weighted by molar-refractivity contribution is 0.234. The number of anilines is 1. The number of nitrogens with one attached hydrogen (secondary N) is 3. The third-order valence-corrected chi connectivity index (χ3v) is 4.97. The summed E-state index contributed by atoms with van der Waals surface area (Å²) in [7, 11) is 0. The Bertz CT molecular complexity index is 536. The lowest BCUT2D eigenvalue weighted by atomic mass is 10.1. The molecule has 0 spiro atoms. The number of amides is 2. The number of hydrogen-bond acceptors (Lipinski definition) is 4. The van der Waals surface area contributed by atoms with Crippen LogP contribution in [0.2, 0.25) is 0 Å². The van der Waals surface area contributed by atoms with Crippen molar-refractivity contribution in [3.05, 3.63) is 23.9 Å². The highest BCUT2D eigenvalue weighted by Crippen LogP contribution is 2.18. The summed E-state index contributed by atoms with van der Waals surface area (Å²) in [6, 6.07) is 6.94. The predicted molar refractivity (Wildman–Crippen MR) is 96.4 cm³/mol. The van der Waals surface area contributed by atoms with E-state index in [-0.39, 0.29) is 12.1 Å². The lowest BCUT2D eigenvalue weighted by Crippen LogP contribution is -2.48. The number of aromatic nitrogens is 1. The van der Waals surface area contributed by atoms with Crippen molar-refractivity contribution in [2.75, 3.05) is 31.1 Å². The number of rotatable bonds is 5. The van der Waals surface area contributed by atoms with E-state index in [2.05, 4.69) is 38.0 Å². The summed E-state index contributed by atoms with van der Waals surface area (Å²) in [5.74, 6) is 1.04. The molecule has 2 aliphatic heterocycles. The summed E-state index contributed by atoms with van der Waals surface area (Å²) in [5.41, 5.74) is 1.05. The first kappa shape index (κ1) is 17.0. The van der Waals surface area contributed by atoms with Crippen LogP contribution in [0, 0.1) is 6.92 Å². The molecule has 3 heterocycles. The maximum atomic E-state index is 12.0. The van der Waals surface area contributed by atoms with Crippen molar-refractivity contribution in [2.45, 2.75) is 51.1 Å². The van der Waals surface area contributed by atoms with Crippen LogP contribution in [0.4, 0.5) is 10.6 Å². The van der Waals surface area contributed by atoms with Gasteiger partial charge in [-0.1, -0.05) is 6.07 Å². The number of carbonyl (C=O) groups is 1. The van der Waals surface area contributed by atoms with Crippen molar-refractivity contribution in [1.29, 1.82) is 0 Å². The van der Waals surface area contributed by atoms with Gasteiger partial charge in [-0.25, -0.2) is 9.78 Å². The number of aryl methyl sites for hydroxylation is 1. The van der Waals surface area contributed by atoms with E-state index in [1.807, 2.05) is 13.0 Å². The Labute approximate surface area is 144 Å². The zero-order valence-corrected chi connectivity index (χ0v) is 14.6. The van der Waals surface area contributed by atoms with Gasteiger partial charge in [-0.3, -0.25) is 0 Å². The van der Waals surface area contributed by atoms with Crippen LogP contribution in [0.15, 0.2) is 18.2 Å². The molecule has 6 heteroatoms. The monoisotopic (exact) mass is 331 g/mol. The van der Waals surface area contributed by atoms with E-state index in [4.69, 9.17) is 0 Å². The summed E-state index contributed by atoms with van der Waals surface area (Å²) >= 11 is 0. The van der Waals surface area contributed by atoms with Crippen molar-refractivity contribution in [3.63, 3.8) is 0 Å². The summed E-state index contributed by atoms with van der Waals surface area (Å²) < 4.78 is 0. The number of hydrogen-bond donors (Lipinski definition) is 3. The second kappa shape index (κ2) is 8.33. The standard InChI is InChI=1S/C18H29N5O/c1-14-4-2-6-17(21-14)23-12-8-16(9-13-23)22-18(24)20-11-7-15-5-3-10-19-15/h2,4,6,15-16,19H,3,5,7-13H2,1H3,(H2,20,22,24)/t15-/m1/s1. The Morgan fingerprint density at radius 3 is 2.88 bits per heavy atom. The molecule has 1 atom stereocenters. The molecule has 24 heavy (non-hydrogen) atoms. The fourth-order valence-electron chi connectivity index (χ4n) is 3.56. The molecule has 6 nitrogen and oxygen atoms in total. The minimum Gasteiger partial charge on any atom is -0.356 e. The largest absolute Gasteiger partial charge is 0.356 e. The molecule has 2 saturated heterocycles. The molecule has 0 unspecified atom stereocenters. The van der Waals surface area contributed by atoms with Crippen LogP contribution >= 0.6 is 0 Å². The molecule has 2 amide bonds. The van der Waals surface area contributed by atoms with Crippen molar-refractivity contribution < 1.29 is 4.79 Å². The Hall–Kier alpha value is -1.82. The molecule has 0 aliphatic carbocycles. The summed E-state index contributed by atoms with van der Waals surface area (Å²) in [4.78, 5) is 18.9. The maximum absolute atomic E-state index is 12.0. The van der Waals surface area contributed by atoms with Gasteiger partial charge in [-0.15, -0.1) is 0 Å². The van der Waals surface area contributed by atoms with Gasteiger partial charge >= 0.3 is 6.03 Å². The van der Waals surface area contributed by atoms with E-state index in [9.17, 15) is 4.79 Å². The van der Waals surface area contributed by atoms with Crippen LogP contribution in [0.25, 0.3) is 0 Å². The number of nitrogens with zero attached hydrogens (tertiary/aromatic N) is 2. The first-order chi connectivity index (χ1) is 11.7. The van der Waals surface area contributed by atoms with Crippen LogP contribution in [0.3, 0.4) is 0 Å². The molecule has 1 aromatic rings. The summed E-state index contributed by atoms with van der Waals surface area (Å²) in [5, 5.41) is 9.55. The molecule has 132 valence electrons. The van der Waals surface area contributed by atoms with Crippen LogP contribution in [-0.4, -0.2) is 49.3 Å². The van der Waals surface area contributed by atoms with Crippen LogP contribution in [0.5, 0.6) is 0 Å². The van der Waals surface area contributed by atoms with E-state index in [0.29, 0.717) is 6.04 Å². The fraction of sp³-hybridized carbons (Fsp3) is 0.667. The van der Waals surface area contributed by atoms with Gasteiger partial charge in [0.1, 0.15) is 5.82 Å². The van der Waals surface area contributed by atoms with Crippen LogP contribution < -0.4 is 20.9 Å². The second-order valence-electron chi connectivity index (χ2n) is 6.88. The SMILES string of the molecule is Cc1cccc(N2CCC(NC(=O)NCC[C@H]3CCCN3)CC2)n1. The fourth-order valence-corrected chi connectivity index (χ4v) is 3.56. The van der Waals surface area contributed by atoms with Gasteiger partial charge in [0, 0.05) is 37.4 Å². The molecule has 3 rings (SSSR count). The Kier molecular flexibility index (Phi) is 5.91. The third-order valence-electron chi connectivity index (χ3n) is 4.97. The van der Waals surface area contributed by atoms with Gasteiger partial charge in [0.25, 0.3) is 0 Å². The van der Waals surface area contributed by atoms with Gasteiger partial charge < -0.3 is 20.9 Å². The highest BCUT2D eigenvalue weighted by molar-refractivity contribution is 5.74. The normalized spacial score (nSPS) is 21.7. The van der Waals surface area contributed by atoms with E-state index in [1.54, 1.807) is 0 Å². The average molecular weight is 331 g/mol. The maximum Gasteiger partial charge on any atom is 0.315 e. The lowest BCUT2D eigenvalue weighted by Gasteiger charge is -2.33. The average Bonchev–Trinajstić information content (AvgIpc) is 3.09. The van der Waals surface area contributed by atoms with Crippen LogP contribution in [0.1, 0.15) is 37.8 Å². The van der Waals surface area contributed by atoms with E-state index in [0.717, 1.165) is 57.0 Å². The number of urea groups is 1. The highest BCUT2D eigenvalue weighted by Gasteiger charge is 2.21. The first-order valence-corrected chi connectivity index (χ1v) is 9.17. The minimum absolute atomic E-state index is 0.0277. The number of carbonyl (C=O) groups excluding carboxylic acids is 1. The third kappa shape index (κ3) is 4.84. The van der Waals surface area contributed by atoms with E-state index >= 15 is 0 Å². The second-order valence-corrected chi connectivity index (χ2v) is 6.88. The molecule has 3 N–H and O–H groups in total. The van der Waals surface area contributed by atoms with Gasteiger partial charge in [0.15, 0.2) is 0 Å². The topological polar surface area (TPSA) is 69.3 Å². The highest BCUT2D eigenvalue weighted by atomic mass is 16.2. The zero-order valence-electron chi connectivity index (χ0n) is 14.6. The van der Waals surface area contributed by atoms with Crippen LogP contribution in [-0.2, 0) is 0 Å². The summed E-state index contributed by atoms with van der Waals surface area (Å²) in [6.07, 6.45) is 5.44. The molecule has 0 radical (unpaired) electrons. The Morgan fingerprint density at radius 1 is 1.33 bits per heavy atom. The quantitative estimate of drug-likeness (QED) is 0.769. The van der Waals surface area contributed by atoms with Crippen molar-refractivity contribution in [2.24, 2.45) is 0 Å². The molecule has 0 aromatic carbocycles. The molecule has 2 fully saturated rings. The zero-order chi connectivity index (χ0) is 16.8. The molecule has 2 aliphatic rings. The van der Waals surface area contributed by atoms with Gasteiger partial charge in [-0.05, 0) is 57.7 Å². The van der Waals surface area contributed by atoms with Crippen molar-refractivity contribution in [1.82, 2.24) is 20.9 Å². The smallest absolute Gasteiger partial charge is 0.315 e. The van der Waals surface area contributed by atoms with E-state index < -0.39 is 0 Å². The summed E-state index contributed by atoms with van der Waals surface area (Å²) in [6.45, 7) is 5.75. The molecular weight excluding hydrogens is 302 g/mol. The Balaban J connectivity index is 1.35. The van der Waals surface area contributed by atoms with Gasteiger partial charge in [-0.2, -0.15) is 0 Å². The molecule has 0 saturated carbocycles. The van der Waals surface area contributed by atoms with Crippen molar-refractivity contribution in [3.8, 4) is 0 Å². The molecular formula is C18H29N5O. The van der Waals surface area contributed by atoms with Crippen molar-refractivity contribution >= 4 is 11.8 Å². The number of pyridine rings is 1.